The van der Waals surface area contributed by atoms with Crippen molar-refractivity contribution in [1.29, 1.82) is 0 Å². The molecular formula is C11H8F2N2S. The SMILES string of the molecule is FC(F)c1cc(-c2ccccc2)nc(=S)[nH]1. The molecule has 0 aliphatic heterocycles. The summed E-state index contributed by atoms with van der Waals surface area (Å²) in [5.41, 5.74) is 1.02. The van der Waals surface area contributed by atoms with E-state index >= 15 is 0 Å². The van der Waals surface area contributed by atoms with E-state index in [-0.39, 0.29) is 10.5 Å². The van der Waals surface area contributed by atoms with Crippen molar-refractivity contribution in [2.75, 3.05) is 0 Å². The monoisotopic (exact) mass is 238 g/mol. The number of halogens is 2. The second-order valence-electron chi connectivity index (χ2n) is 3.19. The van der Waals surface area contributed by atoms with Crippen molar-refractivity contribution in [2.45, 2.75) is 6.43 Å². The molecule has 0 amide bonds. The van der Waals surface area contributed by atoms with Crippen molar-refractivity contribution in [3.05, 3.63) is 46.9 Å². The Kier molecular flexibility index (Phi) is 3.05. The smallest absolute Gasteiger partial charge is 0.278 e. The largest absolute Gasteiger partial charge is 0.329 e. The Hall–Kier alpha value is -1.62. The molecule has 2 rings (SSSR count). The summed E-state index contributed by atoms with van der Waals surface area (Å²) >= 11 is 4.81. The number of H-pyrrole nitrogens is 1. The molecular weight excluding hydrogens is 230 g/mol. The van der Waals surface area contributed by atoms with Crippen LogP contribution in [0.3, 0.4) is 0 Å². The minimum Gasteiger partial charge on any atom is -0.329 e. The van der Waals surface area contributed by atoms with Crippen LogP contribution in [0.1, 0.15) is 12.1 Å². The summed E-state index contributed by atoms with van der Waals surface area (Å²) < 4.78 is 25.1. The summed E-state index contributed by atoms with van der Waals surface area (Å²) in [6, 6.07) is 10.4. The molecule has 0 atom stereocenters. The lowest BCUT2D eigenvalue weighted by atomic mass is 10.1. The fourth-order valence-corrected chi connectivity index (χ4v) is 1.57. The highest BCUT2D eigenvalue weighted by Crippen LogP contribution is 2.22. The summed E-state index contributed by atoms with van der Waals surface area (Å²) in [5, 5.41) is 0. The number of alkyl halides is 2. The van der Waals surface area contributed by atoms with Crippen LogP contribution in [0, 0.1) is 4.77 Å². The van der Waals surface area contributed by atoms with Crippen molar-refractivity contribution >= 4 is 12.2 Å². The Morgan fingerprint density at radius 3 is 2.50 bits per heavy atom. The molecule has 0 fully saturated rings. The van der Waals surface area contributed by atoms with E-state index in [1.54, 1.807) is 12.1 Å². The van der Waals surface area contributed by atoms with E-state index in [0.29, 0.717) is 5.69 Å². The third-order valence-electron chi connectivity index (χ3n) is 2.07. The number of nitrogens with zero attached hydrogens (tertiary/aromatic N) is 1. The van der Waals surface area contributed by atoms with Crippen molar-refractivity contribution in [3.63, 3.8) is 0 Å². The molecule has 0 aliphatic rings. The van der Waals surface area contributed by atoms with Gasteiger partial charge in [-0.3, -0.25) is 0 Å². The molecule has 1 N–H and O–H groups in total. The van der Waals surface area contributed by atoms with Gasteiger partial charge < -0.3 is 4.98 Å². The quantitative estimate of drug-likeness (QED) is 0.807. The molecule has 0 spiro atoms. The second-order valence-corrected chi connectivity index (χ2v) is 3.58. The van der Waals surface area contributed by atoms with E-state index < -0.39 is 6.43 Å². The van der Waals surface area contributed by atoms with Crippen LogP contribution >= 0.6 is 12.2 Å². The maximum absolute atomic E-state index is 12.5. The van der Waals surface area contributed by atoms with E-state index in [2.05, 4.69) is 9.97 Å². The number of hydrogen-bond donors (Lipinski definition) is 1. The van der Waals surface area contributed by atoms with Gasteiger partial charge >= 0.3 is 0 Å². The van der Waals surface area contributed by atoms with E-state index in [1.165, 1.54) is 6.07 Å². The maximum Gasteiger partial charge on any atom is 0.278 e. The van der Waals surface area contributed by atoms with Gasteiger partial charge in [-0.2, -0.15) is 0 Å². The molecule has 1 aromatic carbocycles. The van der Waals surface area contributed by atoms with Gasteiger partial charge in [0.05, 0.1) is 11.4 Å². The Morgan fingerprint density at radius 2 is 1.88 bits per heavy atom. The average Bonchev–Trinajstić information content (AvgIpc) is 2.29. The molecule has 0 aliphatic carbocycles. The summed E-state index contributed by atoms with van der Waals surface area (Å²) in [4.78, 5) is 6.38. The molecule has 5 heteroatoms. The Bertz CT molecular complexity index is 537. The van der Waals surface area contributed by atoms with Gasteiger partial charge in [0.1, 0.15) is 0 Å². The molecule has 0 bridgehead atoms. The first kappa shape index (κ1) is 10.9. The molecule has 0 saturated heterocycles. The van der Waals surface area contributed by atoms with Crippen molar-refractivity contribution in [2.24, 2.45) is 0 Å². The first-order valence-electron chi connectivity index (χ1n) is 4.61. The maximum atomic E-state index is 12.5. The number of hydrogen-bond acceptors (Lipinski definition) is 2. The lowest BCUT2D eigenvalue weighted by Gasteiger charge is -2.04. The first-order chi connectivity index (χ1) is 7.66. The summed E-state index contributed by atoms with van der Waals surface area (Å²) in [7, 11) is 0. The highest BCUT2D eigenvalue weighted by Gasteiger charge is 2.10. The number of aromatic amines is 1. The Balaban J connectivity index is 2.54. The summed E-state index contributed by atoms with van der Waals surface area (Å²) in [5.74, 6) is 0. The van der Waals surface area contributed by atoms with Crippen LogP contribution in [-0.2, 0) is 0 Å². The first-order valence-corrected chi connectivity index (χ1v) is 5.02. The predicted octanol–water partition coefficient (Wildman–Crippen LogP) is 3.74. The number of aromatic nitrogens is 2. The Labute approximate surface area is 96.0 Å². The third-order valence-corrected chi connectivity index (χ3v) is 2.26. The van der Waals surface area contributed by atoms with E-state index in [1.807, 2.05) is 18.2 Å². The molecule has 1 heterocycles. The van der Waals surface area contributed by atoms with Crippen LogP contribution in [-0.4, -0.2) is 9.97 Å². The highest BCUT2D eigenvalue weighted by atomic mass is 32.1. The van der Waals surface area contributed by atoms with E-state index in [9.17, 15) is 8.78 Å². The molecule has 1 aromatic heterocycles. The fourth-order valence-electron chi connectivity index (χ4n) is 1.35. The zero-order chi connectivity index (χ0) is 11.5. The van der Waals surface area contributed by atoms with Crippen LogP contribution in [0.4, 0.5) is 8.78 Å². The molecule has 2 aromatic rings. The van der Waals surface area contributed by atoms with Gasteiger partial charge in [-0.1, -0.05) is 30.3 Å². The zero-order valence-corrected chi connectivity index (χ0v) is 8.97. The lowest BCUT2D eigenvalue weighted by Crippen LogP contribution is -1.95. The predicted molar refractivity (Wildman–Crippen MR) is 59.8 cm³/mol. The normalized spacial score (nSPS) is 10.7. The van der Waals surface area contributed by atoms with Gasteiger partial charge in [-0.25, -0.2) is 13.8 Å². The number of benzene rings is 1. The lowest BCUT2D eigenvalue weighted by molar-refractivity contribution is 0.146. The van der Waals surface area contributed by atoms with Gasteiger partial charge in [0.25, 0.3) is 6.43 Å². The molecule has 0 saturated carbocycles. The van der Waals surface area contributed by atoms with Crippen LogP contribution < -0.4 is 0 Å². The molecule has 82 valence electrons. The highest BCUT2D eigenvalue weighted by molar-refractivity contribution is 7.71. The number of rotatable bonds is 2. The van der Waals surface area contributed by atoms with E-state index in [0.717, 1.165) is 5.56 Å². The van der Waals surface area contributed by atoms with Crippen molar-refractivity contribution < 1.29 is 8.78 Å². The zero-order valence-electron chi connectivity index (χ0n) is 8.15. The van der Waals surface area contributed by atoms with Gasteiger partial charge in [-0.05, 0) is 18.3 Å². The summed E-state index contributed by atoms with van der Waals surface area (Å²) in [6.07, 6.45) is -2.58. The summed E-state index contributed by atoms with van der Waals surface area (Å²) in [6.45, 7) is 0. The standard InChI is InChI=1S/C11H8F2N2S/c12-10(13)9-6-8(14-11(16)15-9)7-4-2-1-3-5-7/h1-6,10H,(H,14,15,16). The molecule has 0 radical (unpaired) electrons. The average molecular weight is 238 g/mol. The van der Waals surface area contributed by atoms with E-state index in [4.69, 9.17) is 12.2 Å². The van der Waals surface area contributed by atoms with Gasteiger partial charge in [0.15, 0.2) is 4.77 Å². The van der Waals surface area contributed by atoms with Gasteiger partial charge in [-0.15, -0.1) is 0 Å². The minimum atomic E-state index is -2.58. The van der Waals surface area contributed by atoms with Gasteiger partial charge in [0.2, 0.25) is 0 Å². The molecule has 0 unspecified atom stereocenters. The molecule has 2 nitrogen and oxygen atoms in total. The van der Waals surface area contributed by atoms with Crippen LogP contribution in [0.2, 0.25) is 0 Å². The topological polar surface area (TPSA) is 28.7 Å². The minimum absolute atomic E-state index is 0.0663. The third kappa shape index (κ3) is 2.30. The van der Waals surface area contributed by atoms with Crippen molar-refractivity contribution in [1.82, 2.24) is 9.97 Å². The Morgan fingerprint density at radius 1 is 1.19 bits per heavy atom. The second kappa shape index (κ2) is 4.49. The van der Waals surface area contributed by atoms with Crippen LogP contribution in [0.15, 0.2) is 36.4 Å². The van der Waals surface area contributed by atoms with Crippen LogP contribution in [0.5, 0.6) is 0 Å². The van der Waals surface area contributed by atoms with Gasteiger partial charge in [0, 0.05) is 5.56 Å². The van der Waals surface area contributed by atoms with Crippen molar-refractivity contribution in [3.8, 4) is 11.3 Å². The number of nitrogens with one attached hydrogen (secondary N) is 1. The fraction of sp³-hybridized carbons (Fsp3) is 0.0909. The van der Waals surface area contributed by atoms with Crippen LogP contribution in [0.25, 0.3) is 11.3 Å². The molecule has 16 heavy (non-hydrogen) atoms.